The Morgan fingerprint density at radius 3 is 1.57 bits per heavy atom. The fourth-order valence-electron chi connectivity index (χ4n) is 3.91. The van der Waals surface area contributed by atoms with Crippen molar-refractivity contribution in [3.05, 3.63) is 82.9 Å². The number of fused-ring (bicyclic) bond motifs is 2. The van der Waals surface area contributed by atoms with E-state index in [-0.39, 0.29) is 5.78 Å². The molecule has 2 aromatic rings. The van der Waals surface area contributed by atoms with Gasteiger partial charge in [-0.25, -0.2) is 0 Å². The van der Waals surface area contributed by atoms with Gasteiger partial charge < -0.3 is 0 Å². The molecule has 23 heavy (non-hydrogen) atoms. The predicted octanol–water partition coefficient (Wildman–Crippen LogP) is 5.15. The summed E-state index contributed by atoms with van der Waals surface area (Å²) in [5.74, 6) is 1.15. The molecular formula is C22H20O. The molecule has 2 saturated carbocycles. The van der Waals surface area contributed by atoms with Gasteiger partial charge in [-0.3, -0.25) is 4.79 Å². The lowest BCUT2D eigenvalue weighted by Gasteiger charge is -2.24. The largest absolute Gasteiger partial charge is 0.289 e. The van der Waals surface area contributed by atoms with Crippen LogP contribution in [0.5, 0.6) is 0 Å². The molecule has 1 heteroatoms. The summed E-state index contributed by atoms with van der Waals surface area (Å²) < 4.78 is 0. The highest BCUT2D eigenvalue weighted by molar-refractivity contribution is 6.15. The molecule has 0 saturated heterocycles. The van der Waals surface area contributed by atoms with Gasteiger partial charge >= 0.3 is 0 Å². The monoisotopic (exact) mass is 300 g/mol. The van der Waals surface area contributed by atoms with Crippen LogP contribution in [0.1, 0.15) is 30.4 Å². The molecule has 0 aromatic heterocycles. The summed E-state index contributed by atoms with van der Waals surface area (Å²) in [4.78, 5) is 13.1. The van der Waals surface area contributed by atoms with Crippen molar-refractivity contribution < 1.29 is 4.79 Å². The molecule has 0 amide bonds. The lowest BCUT2D eigenvalue weighted by molar-refractivity contribution is -0.113. The zero-order chi connectivity index (χ0) is 15.6. The van der Waals surface area contributed by atoms with Crippen LogP contribution in [0, 0.1) is 11.8 Å². The van der Waals surface area contributed by atoms with Gasteiger partial charge in [0.05, 0.1) is 0 Å². The highest BCUT2D eigenvalue weighted by Gasteiger charge is 2.40. The second-order valence-electron chi connectivity index (χ2n) is 6.56. The second-order valence-corrected chi connectivity index (χ2v) is 6.56. The average molecular weight is 300 g/mol. The van der Waals surface area contributed by atoms with Crippen molar-refractivity contribution in [3.63, 3.8) is 0 Å². The molecule has 2 bridgehead atoms. The number of ketones is 1. The topological polar surface area (TPSA) is 17.1 Å². The van der Waals surface area contributed by atoms with Crippen LogP contribution in [0.2, 0.25) is 0 Å². The Balaban J connectivity index is 1.73. The van der Waals surface area contributed by atoms with Gasteiger partial charge in [-0.2, -0.15) is 0 Å². The Labute approximate surface area is 137 Å². The normalized spacial score (nSPS) is 26.9. The summed E-state index contributed by atoms with van der Waals surface area (Å²) in [6, 6.07) is 20.4. The van der Waals surface area contributed by atoms with Crippen molar-refractivity contribution in [3.8, 4) is 0 Å². The highest BCUT2D eigenvalue weighted by Crippen LogP contribution is 2.47. The van der Waals surface area contributed by atoms with Crippen molar-refractivity contribution in [2.45, 2.75) is 19.3 Å². The van der Waals surface area contributed by atoms with E-state index >= 15 is 0 Å². The lowest BCUT2D eigenvalue weighted by Crippen LogP contribution is -2.22. The van der Waals surface area contributed by atoms with Crippen LogP contribution in [0.4, 0.5) is 0 Å². The summed E-state index contributed by atoms with van der Waals surface area (Å²) in [7, 11) is 0. The first-order valence-corrected chi connectivity index (χ1v) is 8.39. The quantitative estimate of drug-likeness (QED) is 0.701. The van der Waals surface area contributed by atoms with Crippen LogP contribution in [0.15, 0.2) is 71.8 Å². The minimum absolute atomic E-state index is 0.261. The highest BCUT2D eigenvalue weighted by atomic mass is 16.1. The van der Waals surface area contributed by atoms with Crippen molar-refractivity contribution in [1.29, 1.82) is 0 Å². The molecular weight excluding hydrogens is 280 g/mol. The molecule has 0 N–H and O–H groups in total. The third-order valence-electron chi connectivity index (χ3n) is 5.08. The Morgan fingerprint density at radius 1 is 0.696 bits per heavy atom. The summed E-state index contributed by atoms with van der Waals surface area (Å²) in [5.41, 5.74) is 4.26. The molecule has 0 unspecified atom stereocenters. The lowest BCUT2D eigenvalue weighted by atomic mass is 9.78. The SMILES string of the molecule is O=C1/C(=C\c2ccccc2)[C@H]2CC[C@H](C2)/C1=C\c1ccccc1. The Bertz CT molecular complexity index is 703. The van der Waals surface area contributed by atoms with Gasteiger partial charge in [0.25, 0.3) is 0 Å². The predicted molar refractivity (Wildman–Crippen MR) is 94.7 cm³/mol. The molecule has 2 aliphatic carbocycles. The fraction of sp³-hybridized carbons (Fsp3) is 0.227. The standard InChI is InChI=1S/C22H20O/c23-22-20(13-16-7-3-1-4-8-16)18-11-12-19(15-18)21(22)14-17-9-5-2-6-10-17/h1-10,13-14,18-19H,11-12,15H2/b20-13-,21-14+/t18-,19+/m0/s1. The van der Waals surface area contributed by atoms with Gasteiger partial charge in [0.15, 0.2) is 5.78 Å². The molecule has 2 aliphatic rings. The number of rotatable bonds is 2. The van der Waals surface area contributed by atoms with Crippen molar-refractivity contribution in [1.82, 2.24) is 0 Å². The van der Waals surface area contributed by atoms with Gasteiger partial charge in [-0.05, 0) is 54.4 Å². The van der Waals surface area contributed by atoms with Crippen LogP contribution in [0.3, 0.4) is 0 Å². The molecule has 4 rings (SSSR count). The van der Waals surface area contributed by atoms with E-state index in [2.05, 4.69) is 36.4 Å². The molecule has 0 radical (unpaired) electrons. The van der Waals surface area contributed by atoms with E-state index in [0.29, 0.717) is 11.8 Å². The van der Waals surface area contributed by atoms with Crippen LogP contribution >= 0.6 is 0 Å². The van der Waals surface area contributed by atoms with Crippen molar-refractivity contribution >= 4 is 17.9 Å². The third kappa shape index (κ3) is 2.79. The first kappa shape index (κ1) is 14.2. The molecule has 2 fully saturated rings. The molecule has 2 aromatic carbocycles. The van der Waals surface area contributed by atoms with Gasteiger partial charge in [-0.1, -0.05) is 60.7 Å². The first-order valence-electron chi connectivity index (χ1n) is 8.39. The number of carbonyl (C=O) groups excluding carboxylic acids is 1. The smallest absolute Gasteiger partial charge is 0.185 e. The Morgan fingerprint density at radius 2 is 1.13 bits per heavy atom. The summed E-state index contributed by atoms with van der Waals surface area (Å²) in [5, 5.41) is 0. The number of carbonyl (C=O) groups is 1. The molecule has 1 nitrogen and oxygen atoms in total. The molecule has 114 valence electrons. The zero-order valence-corrected chi connectivity index (χ0v) is 13.1. The fourth-order valence-corrected chi connectivity index (χ4v) is 3.91. The number of allylic oxidation sites excluding steroid dienone is 2. The third-order valence-corrected chi connectivity index (χ3v) is 5.08. The van der Waals surface area contributed by atoms with Crippen molar-refractivity contribution in [2.75, 3.05) is 0 Å². The first-order chi connectivity index (χ1) is 11.3. The maximum absolute atomic E-state index is 13.1. The van der Waals surface area contributed by atoms with E-state index in [9.17, 15) is 4.79 Å². The molecule has 0 heterocycles. The van der Waals surface area contributed by atoms with E-state index in [0.717, 1.165) is 41.5 Å². The number of Topliss-reactive ketones (excluding diaryl/α,β-unsaturated/α-hetero) is 1. The molecule has 2 atom stereocenters. The van der Waals surface area contributed by atoms with Gasteiger partial charge in [-0.15, -0.1) is 0 Å². The Hall–Kier alpha value is -2.41. The van der Waals surface area contributed by atoms with Crippen LogP contribution in [-0.4, -0.2) is 5.78 Å². The van der Waals surface area contributed by atoms with Crippen LogP contribution in [0.25, 0.3) is 12.2 Å². The molecule has 0 spiro atoms. The van der Waals surface area contributed by atoms with Crippen molar-refractivity contribution in [2.24, 2.45) is 11.8 Å². The number of hydrogen-bond acceptors (Lipinski definition) is 1. The summed E-state index contributed by atoms with van der Waals surface area (Å²) >= 11 is 0. The number of hydrogen-bond donors (Lipinski definition) is 0. The zero-order valence-electron chi connectivity index (χ0n) is 13.1. The van der Waals surface area contributed by atoms with E-state index in [1.54, 1.807) is 0 Å². The van der Waals surface area contributed by atoms with Crippen LogP contribution < -0.4 is 0 Å². The van der Waals surface area contributed by atoms with E-state index in [1.807, 2.05) is 36.4 Å². The number of benzene rings is 2. The van der Waals surface area contributed by atoms with E-state index < -0.39 is 0 Å². The molecule has 0 aliphatic heterocycles. The van der Waals surface area contributed by atoms with E-state index in [4.69, 9.17) is 0 Å². The van der Waals surface area contributed by atoms with Gasteiger partial charge in [0.1, 0.15) is 0 Å². The second kappa shape index (κ2) is 6.00. The van der Waals surface area contributed by atoms with Gasteiger partial charge in [0, 0.05) is 11.1 Å². The minimum atomic E-state index is 0.261. The minimum Gasteiger partial charge on any atom is -0.289 e. The van der Waals surface area contributed by atoms with Gasteiger partial charge in [0.2, 0.25) is 0 Å². The Kier molecular flexibility index (Phi) is 3.70. The van der Waals surface area contributed by atoms with E-state index in [1.165, 1.54) is 0 Å². The van der Waals surface area contributed by atoms with Crippen LogP contribution in [-0.2, 0) is 4.79 Å². The maximum atomic E-state index is 13.1. The maximum Gasteiger partial charge on any atom is 0.185 e. The average Bonchev–Trinajstić information content (AvgIpc) is 3.04. The summed E-state index contributed by atoms with van der Waals surface area (Å²) in [6.45, 7) is 0. The summed E-state index contributed by atoms with van der Waals surface area (Å²) in [6.07, 6.45) is 7.62.